The molecule has 7 nitrogen and oxygen atoms in total. The summed E-state index contributed by atoms with van der Waals surface area (Å²) >= 11 is 0. The summed E-state index contributed by atoms with van der Waals surface area (Å²) < 4.78 is 55.2. The summed E-state index contributed by atoms with van der Waals surface area (Å²) in [6.45, 7) is 1.73. The molecule has 0 fully saturated rings. The Balaban J connectivity index is 1.69. The zero-order chi connectivity index (χ0) is 23.8. The lowest BCUT2D eigenvalue weighted by Gasteiger charge is -2.17. The first-order valence-electron chi connectivity index (χ1n) is 10.1. The first-order chi connectivity index (χ1) is 15.7. The van der Waals surface area contributed by atoms with Crippen molar-refractivity contribution in [2.45, 2.75) is 19.0 Å². The topological polar surface area (TPSA) is 75.2 Å². The monoisotopic (exact) mass is 464 g/mol. The van der Waals surface area contributed by atoms with Gasteiger partial charge in [-0.3, -0.25) is 0 Å². The minimum Gasteiger partial charge on any atom is -0.428 e. The zero-order valence-corrected chi connectivity index (χ0v) is 18.1. The fraction of sp³-hybridized carbons (Fsp3) is 0.318. The van der Waals surface area contributed by atoms with Crippen LogP contribution in [-0.2, 0) is 0 Å². The summed E-state index contributed by atoms with van der Waals surface area (Å²) in [7, 11) is 4.03. The van der Waals surface area contributed by atoms with Crippen LogP contribution in [0.15, 0.2) is 54.9 Å². The van der Waals surface area contributed by atoms with Gasteiger partial charge in [0.2, 0.25) is 5.95 Å². The van der Waals surface area contributed by atoms with E-state index in [9.17, 15) is 17.6 Å². The van der Waals surface area contributed by atoms with Gasteiger partial charge in [-0.25, -0.2) is 15.0 Å². The number of nitrogens with one attached hydrogen (secondary N) is 2. The largest absolute Gasteiger partial charge is 0.461 e. The first kappa shape index (κ1) is 24.2. The van der Waals surface area contributed by atoms with Gasteiger partial charge in [0.25, 0.3) is 0 Å². The van der Waals surface area contributed by atoms with Crippen molar-refractivity contribution in [3.63, 3.8) is 0 Å². The van der Waals surface area contributed by atoms with Gasteiger partial charge in [0.1, 0.15) is 11.6 Å². The van der Waals surface area contributed by atoms with Gasteiger partial charge in [0.05, 0.1) is 5.69 Å². The van der Waals surface area contributed by atoms with Gasteiger partial charge in [-0.1, -0.05) is 6.07 Å². The van der Waals surface area contributed by atoms with Gasteiger partial charge in [0, 0.05) is 36.3 Å². The fourth-order valence-electron chi connectivity index (χ4n) is 2.85. The molecule has 3 rings (SSSR count). The Morgan fingerprint density at radius 1 is 1.06 bits per heavy atom. The molecule has 0 bridgehead atoms. The molecule has 1 aromatic carbocycles. The van der Waals surface area contributed by atoms with Gasteiger partial charge in [-0.05, 0) is 57.4 Å². The van der Waals surface area contributed by atoms with E-state index in [0.717, 1.165) is 37.2 Å². The number of pyridine rings is 1. The predicted molar refractivity (Wildman–Crippen MR) is 118 cm³/mol. The van der Waals surface area contributed by atoms with Gasteiger partial charge >= 0.3 is 12.5 Å². The summed E-state index contributed by atoms with van der Waals surface area (Å²) in [4.78, 5) is 15.0. The van der Waals surface area contributed by atoms with Crippen molar-refractivity contribution in [3.8, 4) is 17.0 Å². The molecule has 176 valence electrons. The number of rotatable bonds is 11. The second kappa shape index (κ2) is 10.9. The van der Waals surface area contributed by atoms with Gasteiger partial charge in [0.15, 0.2) is 0 Å². The molecular formula is C22H24F4N6O. The van der Waals surface area contributed by atoms with E-state index < -0.39 is 18.3 Å². The molecule has 0 atom stereocenters. The first-order valence-corrected chi connectivity index (χ1v) is 10.1. The van der Waals surface area contributed by atoms with Crippen LogP contribution in [0.1, 0.15) is 6.42 Å². The van der Waals surface area contributed by atoms with E-state index in [1.54, 1.807) is 30.6 Å². The molecule has 0 aliphatic rings. The van der Waals surface area contributed by atoms with Crippen molar-refractivity contribution in [1.82, 2.24) is 19.9 Å². The molecule has 33 heavy (non-hydrogen) atoms. The highest BCUT2D eigenvalue weighted by molar-refractivity contribution is 5.65. The Morgan fingerprint density at radius 2 is 1.85 bits per heavy atom. The molecule has 2 heterocycles. The van der Waals surface area contributed by atoms with Crippen LogP contribution in [-0.4, -0.2) is 59.6 Å². The lowest BCUT2D eigenvalue weighted by Crippen LogP contribution is -2.33. The number of hydrogen-bond acceptors (Lipinski definition) is 7. The van der Waals surface area contributed by atoms with Crippen LogP contribution in [0.4, 0.5) is 35.0 Å². The number of alkyl halides is 4. The Hall–Kier alpha value is -3.47. The van der Waals surface area contributed by atoms with Gasteiger partial charge in [-0.15, -0.1) is 0 Å². The Bertz CT molecular complexity index is 1050. The zero-order valence-electron chi connectivity index (χ0n) is 18.1. The summed E-state index contributed by atoms with van der Waals surface area (Å²) in [5.74, 6) is 0.493. The normalized spacial score (nSPS) is 11.6. The minimum atomic E-state index is -4.59. The highest BCUT2D eigenvalue weighted by Gasteiger charge is 2.44. The number of hydrogen-bond donors (Lipinski definition) is 2. The molecule has 0 aliphatic carbocycles. The van der Waals surface area contributed by atoms with Crippen molar-refractivity contribution >= 4 is 17.5 Å². The van der Waals surface area contributed by atoms with E-state index in [0.29, 0.717) is 17.2 Å². The van der Waals surface area contributed by atoms with E-state index >= 15 is 0 Å². The summed E-state index contributed by atoms with van der Waals surface area (Å²) in [5, 5.41) is 6.14. The molecule has 0 amide bonds. The van der Waals surface area contributed by atoms with Crippen LogP contribution in [0.5, 0.6) is 5.75 Å². The third kappa shape index (κ3) is 7.28. The van der Waals surface area contributed by atoms with Crippen molar-refractivity contribution in [2.24, 2.45) is 0 Å². The SMILES string of the molecule is CN(C)CCCNc1cc(-c2ccnc(Nc3cccc(OC(F)(F)C(F)F)c3)n2)ccn1. The minimum absolute atomic E-state index is 0.197. The second-order valence-electron chi connectivity index (χ2n) is 7.40. The molecule has 0 unspecified atom stereocenters. The fourth-order valence-corrected chi connectivity index (χ4v) is 2.85. The lowest BCUT2D eigenvalue weighted by atomic mass is 10.2. The standard InChI is InChI=1S/C22H24F4N6O/c1-32(2)12-4-9-27-19-13-15(7-10-28-19)18-8-11-29-21(31-18)30-16-5-3-6-17(14-16)33-22(25,26)20(23)24/h3,5-8,10-11,13-14,20H,4,9,12H2,1-2H3,(H,27,28)(H,29,30,31). The maximum atomic E-state index is 13.2. The van der Waals surface area contributed by atoms with Gasteiger partial charge < -0.3 is 20.3 Å². The summed E-state index contributed by atoms with van der Waals surface area (Å²) in [5.41, 5.74) is 1.72. The molecule has 0 saturated carbocycles. The van der Waals surface area contributed by atoms with E-state index in [4.69, 9.17) is 0 Å². The number of ether oxygens (including phenoxy) is 1. The average Bonchev–Trinajstić information content (AvgIpc) is 2.77. The van der Waals surface area contributed by atoms with E-state index in [1.807, 2.05) is 20.2 Å². The smallest absolute Gasteiger partial charge is 0.428 e. The lowest BCUT2D eigenvalue weighted by molar-refractivity contribution is -0.253. The molecule has 0 spiro atoms. The third-order valence-corrected chi connectivity index (χ3v) is 4.40. The number of halogens is 4. The summed E-state index contributed by atoms with van der Waals surface area (Å²) in [6, 6.07) is 10.6. The maximum Gasteiger partial charge on any atom is 0.461 e. The van der Waals surface area contributed by atoms with Crippen LogP contribution in [0, 0.1) is 0 Å². The molecule has 2 aromatic heterocycles. The number of anilines is 3. The summed E-state index contributed by atoms with van der Waals surface area (Å²) in [6.07, 6.45) is -4.35. The quantitative estimate of drug-likeness (QED) is 0.309. The van der Waals surface area contributed by atoms with E-state index in [-0.39, 0.29) is 5.95 Å². The molecule has 2 N–H and O–H groups in total. The highest BCUT2D eigenvalue weighted by atomic mass is 19.3. The van der Waals surface area contributed by atoms with Crippen molar-refractivity contribution < 1.29 is 22.3 Å². The molecule has 0 saturated heterocycles. The highest BCUT2D eigenvalue weighted by Crippen LogP contribution is 2.29. The Labute approximate surface area is 188 Å². The molecule has 0 aliphatic heterocycles. The molecule has 0 radical (unpaired) electrons. The molecular weight excluding hydrogens is 440 g/mol. The average molecular weight is 464 g/mol. The van der Waals surface area contributed by atoms with Crippen molar-refractivity contribution in [3.05, 3.63) is 54.9 Å². The maximum absolute atomic E-state index is 13.2. The Kier molecular flexibility index (Phi) is 7.99. The van der Waals surface area contributed by atoms with Crippen LogP contribution in [0.25, 0.3) is 11.3 Å². The Morgan fingerprint density at radius 3 is 2.61 bits per heavy atom. The van der Waals surface area contributed by atoms with Crippen LogP contribution >= 0.6 is 0 Å². The van der Waals surface area contributed by atoms with Crippen molar-refractivity contribution in [1.29, 1.82) is 0 Å². The molecule has 11 heteroatoms. The van der Waals surface area contributed by atoms with Crippen LogP contribution < -0.4 is 15.4 Å². The number of nitrogens with zero attached hydrogens (tertiary/aromatic N) is 4. The van der Waals surface area contributed by atoms with E-state index in [2.05, 4.69) is 35.2 Å². The van der Waals surface area contributed by atoms with Crippen LogP contribution in [0.3, 0.4) is 0 Å². The predicted octanol–water partition coefficient (Wildman–Crippen LogP) is 4.88. The third-order valence-electron chi connectivity index (χ3n) is 4.40. The van der Waals surface area contributed by atoms with E-state index in [1.165, 1.54) is 6.07 Å². The number of aromatic nitrogens is 3. The van der Waals surface area contributed by atoms with Gasteiger partial charge in [-0.2, -0.15) is 17.6 Å². The number of benzene rings is 1. The molecule has 3 aromatic rings. The van der Waals surface area contributed by atoms with Crippen LogP contribution in [0.2, 0.25) is 0 Å². The second-order valence-corrected chi connectivity index (χ2v) is 7.40. The van der Waals surface area contributed by atoms with Crippen molar-refractivity contribution in [2.75, 3.05) is 37.8 Å².